The second kappa shape index (κ2) is 28.9. The van der Waals surface area contributed by atoms with Crippen LogP contribution in [0.3, 0.4) is 0 Å². The van der Waals surface area contributed by atoms with Crippen LogP contribution >= 0.6 is 0 Å². The molecule has 10 unspecified atom stereocenters. The van der Waals surface area contributed by atoms with Crippen molar-refractivity contribution in [3.8, 4) is 0 Å². The highest BCUT2D eigenvalue weighted by Gasteiger charge is 2.59. The minimum atomic E-state index is -6.14. The Morgan fingerprint density at radius 3 is 1.14 bits per heavy atom. The molecule has 56 heteroatoms. The van der Waals surface area contributed by atoms with E-state index in [-0.39, 0.29) is 0 Å². The largest absolute Gasteiger partial charge is 0.397 e. The van der Waals surface area contributed by atoms with Crippen LogP contribution in [0.25, 0.3) is 0 Å². The van der Waals surface area contributed by atoms with Crippen LogP contribution in [0.1, 0.15) is 13.8 Å². The van der Waals surface area contributed by atoms with Crippen LogP contribution in [0.5, 0.6) is 0 Å². The zero-order valence-electron chi connectivity index (χ0n) is 43.2. The minimum absolute atomic E-state index is 0.813. The number of ether oxygens (including phenoxy) is 10. The molecule has 514 valence electrons. The molecule has 5 rings (SSSR count). The lowest BCUT2D eigenvalue weighted by Crippen LogP contribution is -2.70. The van der Waals surface area contributed by atoms with E-state index < -0.39 is 256 Å². The van der Waals surface area contributed by atoms with Gasteiger partial charge in [-0.3, -0.25) is 36.4 Å². The number of hydrogen-bond acceptors (Lipinski definition) is 37. The topological polar surface area (TPSA) is 731 Å². The average molecular weight is 1450 g/mol. The number of rotatable bonds is 28. The minimum Gasteiger partial charge on any atom is -0.388 e. The lowest BCUT2D eigenvalue weighted by molar-refractivity contribution is -0.374. The van der Waals surface area contributed by atoms with Gasteiger partial charge in [-0.25, -0.2) is 20.9 Å². The summed E-state index contributed by atoms with van der Waals surface area (Å²) < 4.78 is 349. The van der Waals surface area contributed by atoms with Gasteiger partial charge in [-0.2, -0.15) is 81.5 Å². The molecule has 5 fully saturated rings. The lowest BCUT2D eigenvalue weighted by atomic mass is 9.94. The fraction of sp³-hybridized carbons (Fsp3) is 1.00. The fourth-order valence-electron chi connectivity index (χ4n) is 8.99. The van der Waals surface area contributed by atoms with E-state index in [0.29, 0.717) is 0 Å². The summed E-state index contributed by atoms with van der Waals surface area (Å²) in [6.07, 6.45) is -54.6. The summed E-state index contributed by atoms with van der Waals surface area (Å²) >= 11 is 0. The van der Waals surface area contributed by atoms with E-state index in [0.717, 1.165) is 21.0 Å². The number of methoxy groups -OCH3 is 1. The van der Waals surface area contributed by atoms with E-state index in [4.69, 9.17) is 51.9 Å². The first-order chi connectivity index (χ1) is 39.3. The molecule has 17 N–H and O–H groups in total. The Balaban J connectivity index is 1.53. The molecule has 0 aromatic heterocycles. The van der Waals surface area contributed by atoms with Crippen molar-refractivity contribution in [3.63, 3.8) is 0 Å². The van der Waals surface area contributed by atoms with Crippen LogP contribution in [-0.4, -0.2) is 315 Å². The van der Waals surface area contributed by atoms with E-state index in [9.17, 15) is 130 Å². The van der Waals surface area contributed by atoms with Crippen LogP contribution in [0, 0.1) is 0 Å². The predicted octanol–water partition coefficient (Wildman–Crippen LogP) is -11.9. The first-order valence-corrected chi connectivity index (χ1v) is 34.4. The number of hydrogen-bond donors (Lipinski definition) is 17. The normalized spacial score (nSPS) is 40.0. The number of nitrogens with one attached hydrogen (secondary N) is 3. The van der Waals surface area contributed by atoms with Gasteiger partial charge in [0, 0.05) is 7.11 Å². The molecule has 0 spiro atoms. The van der Waals surface area contributed by atoms with Crippen molar-refractivity contribution in [2.75, 3.05) is 26.9 Å². The molecule has 5 aliphatic heterocycles. The maximum absolute atomic E-state index is 12.6. The Morgan fingerprint density at radius 2 is 0.690 bits per heavy atom. The van der Waals surface area contributed by atoms with Gasteiger partial charge in [-0.15, -0.1) is 0 Å². The zero-order chi connectivity index (χ0) is 66.3. The fourth-order valence-corrected chi connectivity index (χ4v) is 12.7. The van der Waals surface area contributed by atoms with Gasteiger partial charge in [-0.05, 0) is 13.8 Å². The maximum Gasteiger partial charge on any atom is 0.397 e. The smallest absolute Gasteiger partial charge is 0.388 e. The third-order valence-electron chi connectivity index (χ3n) is 12.4. The summed E-state index contributed by atoms with van der Waals surface area (Å²) in [6, 6.07) is -7.46. The van der Waals surface area contributed by atoms with E-state index in [1.165, 1.54) is 14.2 Å². The van der Waals surface area contributed by atoms with Crippen LogP contribution in [0.15, 0.2) is 0 Å². The molecule has 5 heterocycles. The molecule has 25 atom stereocenters. The van der Waals surface area contributed by atoms with E-state index >= 15 is 0 Å². The Kier molecular flexibility index (Phi) is 25.3. The Hall–Kier alpha value is -1.68. The van der Waals surface area contributed by atoms with Gasteiger partial charge in [0.1, 0.15) is 104 Å². The molecule has 0 aromatic carbocycles. The van der Waals surface area contributed by atoms with Crippen molar-refractivity contribution < 1.29 is 203 Å². The van der Waals surface area contributed by atoms with Crippen molar-refractivity contribution in [2.24, 2.45) is 0 Å². The zero-order valence-corrected chi connectivity index (χ0v) is 49.8. The third-order valence-corrected chi connectivity index (χ3v) is 16.4. The third kappa shape index (κ3) is 22.5. The highest BCUT2D eigenvalue weighted by molar-refractivity contribution is 7.84. The summed E-state index contributed by atoms with van der Waals surface area (Å²) in [6.45, 7) is -2.80. The summed E-state index contributed by atoms with van der Waals surface area (Å²) in [7, 11) is -44.5. The number of aliphatic hydroxyl groups is 6. The van der Waals surface area contributed by atoms with Gasteiger partial charge in [0.25, 0.3) is 0 Å². The van der Waals surface area contributed by atoms with Crippen molar-refractivity contribution in [1.29, 1.82) is 0 Å². The summed E-state index contributed by atoms with van der Waals surface area (Å²) in [4.78, 5) is 0. The Morgan fingerprint density at radius 1 is 0.333 bits per heavy atom. The van der Waals surface area contributed by atoms with E-state index in [1.54, 1.807) is 0 Å². The van der Waals surface area contributed by atoms with Gasteiger partial charge >= 0.3 is 82.9 Å². The molecule has 48 nitrogen and oxygen atoms in total. The standard InChI is InChI=1S/C31H57N3O45S8/c1-7-21(74-28-12(32-80(41,42)43)16(36)15(35)9(71-28)4-66-83(50,51)52)18(38)19(39)30(69-7)77-24-11(6-68-85(56,57)58)73-29(14(34-82(47,48)49)25(24)78-86(59,60)61)75-22-8(2)70-31(26(20(22)40)79-87(62,63)64)76-23-10(5-67-84(53,54)55)72-27(65-3)13(17(23)37)33-81(44,45)46/h7-40H,4-6H2,1-3H3,(H,41,42,43)(H,44,45,46)(H,47,48,49)(H,50,51,52)(H,53,54,55)(H,56,57,58)(H,59,60,61)(H,62,63,64)/t7?,8?,9?,10?,11?,12?,13?,14?,15-,16-,17-,18-,19?,20?,21-,22-,23-,24-,25-,26+,27-,28+,29+,30+,31+/m1/s1. The Bertz CT molecular complexity index is 3270. The molecule has 0 aromatic rings. The molecule has 0 bridgehead atoms. The van der Waals surface area contributed by atoms with Crippen LogP contribution in [-0.2, 0) is 151 Å². The van der Waals surface area contributed by atoms with E-state index in [2.05, 4.69) is 20.9 Å². The number of aliphatic hydroxyl groups excluding tert-OH is 6. The Labute approximate surface area is 491 Å². The second-order valence-corrected chi connectivity index (χ2v) is 27.5. The summed E-state index contributed by atoms with van der Waals surface area (Å²) in [5, 5.41) is 67.2. The molecule has 5 aliphatic rings. The molecular weight excluding hydrogens is 1390 g/mol. The molecule has 0 amide bonds. The van der Waals surface area contributed by atoms with Gasteiger partial charge in [0.2, 0.25) is 0 Å². The summed E-state index contributed by atoms with van der Waals surface area (Å²) in [5.41, 5.74) is 0. The van der Waals surface area contributed by atoms with Crippen molar-refractivity contribution in [2.45, 2.75) is 167 Å². The highest BCUT2D eigenvalue weighted by Crippen LogP contribution is 2.38. The van der Waals surface area contributed by atoms with Gasteiger partial charge in [-0.1, -0.05) is 0 Å². The first kappa shape index (κ1) is 76.0. The van der Waals surface area contributed by atoms with Gasteiger partial charge < -0.3 is 78.0 Å². The maximum atomic E-state index is 12.6. The molecule has 87 heavy (non-hydrogen) atoms. The van der Waals surface area contributed by atoms with Crippen LogP contribution in [0.2, 0.25) is 0 Å². The van der Waals surface area contributed by atoms with Crippen molar-refractivity contribution in [1.82, 2.24) is 14.2 Å². The molecule has 0 radical (unpaired) electrons. The monoisotopic (exact) mass is 1450 g/mol. The SMILES string of the molecule is CO[C@@H]1OC(COS(=O)(=O)O)[C@@H](O[C@@H]2OC(C)[C@@H](O[C@@H]3OC(COS(=O)(=O)O)[C@@H](O[C@@H]4OC(C)[C@@H](O[C@@H]5OC(COS(=O)(=O)O)[C@@H](O)[C@H](O)C5NS(=O)(=O)O)[C@H](O)C4O)[C@H](OS(=O)(=O)O)C3NS(=O)(=O)O)C(O)[C@@H]2OS(=O)(=O)O)[C@H](O)C1NS(=O)(=O)O. The predicted molar refractivity (Wildman–Crippen MR) is 258 cm³/mol. The van der Waals surface area contributed by atoms with Crippen molar-refractivity contribution >= 4 is 82.9 Å². The molecule has 0 saturated carbocycles. The van der Waals surface area contributed by atoms with Crippen molar-refractivity contribution in [3.05, 3.63) is 0 Å². The average Bonchev–Trinajstić information content (AvgIpc) is 0.928. The molecule has 5 saturated heterocycles. The quantitative estimate of drug-likeness (QED) is 0.0324. The second-order valence-electron chi connectivity index (χ2n) is 18.6. The van der Waals surface area contributed by atoms with Gasteiger partial charge in [0.05, 0.1) is 32.0 Å². The van der Waals surface area contributed by atoms with Crippen LogP contribution < -0.4 is 14.2 Å². The van der Waals surface area contributed by atoms with Crippen LogP contribution in [0.4, 0.5) is 0 Å². The van der Waals surface area contributed by atoms with E-state index in [1.807, 2.05) is 0 Å². The molecule has 0 aliphatic carbocycles. The first-order valence-electron chi connectivity index (χ1n) is 23.3. The highest BCUT2D eigenvalue weighted by atomic mass is 32.3. The molecular formula is C31H57N3O45S8. The van der Waals surface area contributed by atoms with Gasteiger partial charge in [0.15, 0.2) is 37.6 Å². The summed E-state index contributed by atoms with van der Waals surface area (Å²) in [5.74, 6) is 0. The lowest BCUT2D eigenvalue weighted by Gasteiger charge is -2.50.